The third-order valence-electron chi connectivity index (χ3n) is 6.43. The molecule has 1 saturated carbocycles. The van der Waals surface area contributed by atoms with Gasteiger partial charge in [0.1, 0.15) is 12.3 Å². The van der Waals surface area contributed by atoms with Crippen LogP contribution in [0, 0.1) is 17.3 Å². The minimum Gasteiger partial charge on any atom is -0.464 e. The number of rotatable bonds is 7. The Kier molecular flexibility index (Phi) is 6.83. The largest absolute Gasteiger partial charge is 0.464 e. The van der Waals surface area contributed by atoms with Gasteiger partial charge in [0.2, 0.25) is 0 Å². The molecule has 2 fully saturated rings. The van der Waals surface area contributed by atoms with Gasteiger partial charge in [-0.15, -0.1) is 0 Å². The summed E-state index contributed by atoms with van der Waals surface area (Å²) in [5.41, 5.74) is 0.933. The SMILES string of the molecule is COC(=O)/C(=C\C[C@H]1C[C@@H](C2(C)OCCO2)C1(C)C)NC(=O)OCc1ccccc1. The lowest BCUT2D eigenvalue weighted by Crippen LogP contribution is -2.56. The zero-order chi connectivity index (χ0) is 21.8. The molecule has 0 aromatic heterocycles. The molecule has 1 amide bonds. The van der Waals surface area contributed by atoms with E-state index in [4.69, 9.17) is 18.9 Å². The van der Waals surface area contributed by atoms with Gasteiger partial charge in [-0.25, -0.2) is 9.59 Å². The number of methoxy groups -OCH3 is 1. The lowest BCUT2D eigenvalue weighted by molar-refractivity contribution is -0.252. The summed E-state index contributed by atoms with van der Waals surface area (Å²) in [5, 5.41) is 2.52. The predicted molar refractivity (Wildman–Crippen MR) is 110 cm³/mol. The molecule has 30 heavy (non-hydrogen) atoms. The van der Waals surface area contributed by atoms with Gasteiger partial charge in [0, 0.05) is 5.92 Å². The molecule has 1 heterocycles. The quantitative estimate of drug-likeness (QED) is 0.537. The molecule has 1 aromatic rings. The summed E-state index contributed by atoms with van der Waals surface area (Å²) in [5.74, 6) is -0.547. The zero-order valence-electron chi connectivity index (χ0n) is 18.1. The van der Waals surface area contributed by atoms with Crippen LogP contribution in [-0.2, 0) is 30.3 Å². The number of ether oxygens (including phenoxy) is 4. The lowest BCUT2D eigenvalue weighted by atomic mass is 9.51. The fraction of sp³-hybridized carbons (Fsp3) is 0.565. The smallest absolute Gasteiger partial charge is 0.412 e. The average Bonchev–Trinajstić information content (AvgIpc) is 3.17. The van der Waals surface area contributed by atoms with Crippen molar-refractivity contribution in [1.82, 2.24) is 5.32 Å². The van der Waals surface area contributed by atoms with Gasteiger partial charge >= 0.3 is 12.1 Å². The number of esters is 1. The molecule has 1 aromatic carbocycles. The summed E-state index contributed by atoms with van der Waals surface area (Å²) in [6.45, 7) is 7.74. The van der Waals surface area contributed by atoms with E-state index >= 15 is 0 Å². The Hall–Kier alpha value is -2.38. The van der Waals surface area contributed by atoms with Crippen LogP contribution in [0.1, 0.15) is 39.2 Å². The first-order chi connectivity index (χ1) is 14.3. The predicted octanol–water partition coefficient (Wildman–Crippen LogP) is 3.79. The molecule has 7 nitrogen and oxygen atoms in total. The molecule has 164 valence electrons. The van der Waals surface area contributed by atoms with E-state index in [1.165, 1.54) is 7.11 Å². The third-order valence-corrected chi connectivity index (χ3v) is 6.43. The molecule has 2 atom stereocenters. The number of carbonyl (C=O) groups is 2. The Labute approximate surface area is 177 Å². The fourth-order valence-corrected chi connectivity index (χ4v) is 4.46. The Morgan fingerprint density at radius 1 is 1.17 bits per heavy atom. The molecule has 0 radical (unpaired) electrons. The number of carbonyl (C=O) groups excluding carboxylic acids is 2. The van der Waals surface area contributed by atoms with Crippen LogP contribution in [-0.4, -0.2) is 38.2 Å². The van der Waals surface area contributed by atoms with Crippen LogP contribution in [0.25, 0.3) is 0 Å². The van der Waals surface area contributed by atoms with Crippen LogP contribution in [0.15, 0.2) is 42.1 Å². The van der Waals surface area contributed by atoms with Crippen LogP contribution in [0.5, 0.6) is 0 Å². The summed E-state index contributed by atoms with van der Waals surface area (Å²) in [4.78, 5) is 24.3. The topological polar surface area (TPSA) is 83.1 Å². The van der Waals surface area contributed by atoms with E-state index < -0.39 is 17.8 Å². The van der Waals surface area contributed by atoms with Crippen molar-refractivity contribution < 1.29 is 28.5 Å². The van der Waals surface area contributed by atoms with Crippen LogP contribution >= 0.6 is 0 Å². The second kappa shape index (κ2) is 9.18. The highest BCUT2D eigenvalue weighted by Crippen LogP contribution is 2.58. The molecule has 0 bridgehead atoms. The molecular formula is C23H31NO6. The monoisotopic (exact) mass is 417 g/mol. The van der Waals surface area contributed by atoms with Crippen LogP contribution in [0.3, 0.4) is 0 Å². The summed E-state index contributed by atoms with van der Waals surface area (Å²) in [6, 6.07) is 9.34. The molecule has 1 aliphatic heterocycles. The van der Waals surface area contributed by atoms with E-state index in [1.54, 1.807) is 6.08 Å². The van der Waals surface area contributed by atoms with Gasteiger partial charge < -0.3 is 18.9 Å². The molecule has 1 N–H and O–H groups in total. The van der Waals surface area contributed by atoms with Crippen molar-refractivity contribution in [2.75, 3.05) is 20.3 Å². The molecule has 0 unspecified atom stereocenters. The van der Waals surface area contributed by atoms with E-state index in [0.29, 0.717) is 25.6 Å². The Balaban J connectivity index is 1.57. The van der Waals surface area contributed by atoms with E-state index in [2.05, 4.69) is 19.2 Å². The molecule has 0 spiro atoms. The molecule has 7 heteroatoms. The lowest BCUT2D eigenvalue weighted by Gasteiger charge is -2.57. The Morgan fingerprint density at radius 2 is 1.83 bits per heavy atom. The van der Waals surface area contributed by atoms with Crippen LogP contribution in [0.4, 0.5) is 4.79 Å². The first kappa shape index (κ1) is 22.3. The number of amides is 1. The van der Waals surface area contributed by atoms with Gasteiger partial charge in [0.05, 0.1) is 20.3 Å². The number of allylic oxidation sites excluding steroid dienone is 1. The van der Waals surface area contributed by atoms with Gasteiger partial charge in [0.15, 0.2) is 5.79 Å². The minimum atomic E-state index is -0.693. The fourth-order valence-electron chi connectivity index (χ4n) is 4.46. The van der Waals surface area contributed by atoms with Gasteiger partial charge in [-0.3, -0.25) is 5.32 Å². The Bertz CT molecular complexity index is 782. The van der Waals surface area contributed by atoms with Crippen molar-refractivity contribution in [1.29, 1.82) is 0 Å². The van der Waals surface area contributed by atoms with Gasteiger partial charge in [-0.1, -0.05) is 50.3 Å². The van der Waals surface area contributed by atoms with Gasteiger partial charge in [0.25, 0.3) is 0 Å². The van der Waals surface area contributed by atoms with E-state index in [-0.39, 0.29) is 23.6 Å². The Morgan fingerprint density at radius 3 is 2.43 bits per heavy atom. The molecule has 2 aliphatic rings. The van der Waals surface area contributed by atoms with E-state index in [9.17, 15) is 9.59 Å². The first-order valence-electron chi connectivity index (χ1n) is 10.3. The highest BCUT2D eigenvalue weighted by atomic mass is 16.7. The summed E-state index contributed by atoms with van der Waals surface area (Å²) < 4.78 is 21.7. The van der Waals surface area contributed by atoms with Crippen molar-refractivity contribution in [3.63, 3.8) is 0 Å². The highest BCUT2D eigenvalue weighted by molar-refractivity contribution is 5.92. The van der Waals surface area contributed by atoms with Crippen molar-refractivity contribution >= 4 is 12.1 Å². The van der Waals surface area contributed by atoms with Crippen LogP contribution in [0.2, 0.25) is 0 Å². The summed E-state index contributed by atoms with van der Waals surface area (Å²) in [6.07, 6.45) is 2.58. The number of hydrogen-bond acceptors (Lipinski definition) is 6. The average molecular weight is 418 g/mol. The van der Waals surface area contributed by atoms with Crippen molar-refractivity contribution in [3.8, 4) is 0 Å². The van der Waals surface area contributed by atoms with E-state index in [0.717, 1.165) is 12.0 Å². The molecule has 1 saturated heterocycles. The molecule has 3 rings (SSSR count). The summed E-state index contributed by atoms with van der Waals surface area (Å²) >= 11 is 0. The number of alkyl carbamates (subject to hydrolysis) is 1. The number of hydrogen-bond donors (Lipinski definition) is 1. The second-order valence-electron chi connectivity index (χ2n) is 8.55. The maximum atomic E-state index is 12.2. The molecular weight excluding hydrogens is 386 g/mol. The highest BCUT2D eigenvalue weighted by Gasteiger charge is 2.57. The third kappa shape index (κ3) is 4.84. The van der Waals surface area contributed by atoms with Crippen molar-refractivity contribution in [3.05, 3.63) is 47.7 Å². The first-order valence-corrected chi connectivity index (χ1v) is 10.3. The normalized spacial score (nSPS) is 24.6. The minimum absolute atomic E-state index is 0.0232. The van der Waals surface area contributed by atoms with Crippen molar-refractivity contribution in [2.24, 2.45) is 17.3 Å². The van der Waals surface area contributed by atoms with Gasteiger partial charge in [-0.2, -0.15) is 0 Å². The summed E-state index contributed by atoms with van der Waals surface area (Å²) in [7, 11) is 1.28. The standard InChI is InChI=1S/C23H31NO6/c1-22(2)17(14-19(22)23(3)29-12-13-30-23)10-11-18(20(25)27-4)24-21(26)28-15-16-8-6-5-7-9-16/h5-9,11,17,19H,10,12-15H2,1-4H3,(H,24,26)/b18-11+/t17-,19+/m0/s1. The second-order valence-corrected chi connectivity index (χ2v) is 8.55. The zero-order valence-corrected chi connectivity index (χ0v) is 18.1. The maximum absolute atomic E-state index is 12.2. The molecule has 1 aliphatic carbocycles. The maximum Gasteiger partial charge on any atom is 0.412 e. The van der Waals surface area contributed by atoms with Crippen LogP contribution < -0.4 is 5.32 Å². The van der Waals surface area contributed by atoms with E-state index in [1.807, 2.05) is 37.3 Å². The van der Waals surface area contributed by atoms with Crippen molar-refractivity contribution in [2.45, 2.75) is 46.0 Å². The van der Waals surface area contributed by atoms with Gasteiger partial charge in [-0.05, 0) is 36.7 Å². The number of benzene rings is 1. The number of nitrogens with one attached hydrogen (secondary N) is 1.